The average molecular weight is 299 g/mol. The van der Waals surface area contributed by atoms with Crippen LogP contribution in [0, 0.1) is 10.1 Å². The summed E-state index contributed by atoms with van der Waals surface area (Å²) in [6.07, 6.45) is 0. The summed E-state index contributed by atoms with van der Waals surface area (Å²) in [5.74, 6) is -1.42. The summed E-state index contributed by atoms with van der Waals surface area (Å²) in [6.45, 7) is 0. The van der Waals surface area contributed by atoms with Crippen molar-refractivity contribution in [3.8, 4) is 0 Å². The Morgan fingerprint density at radius 1 is 1.05 bits per heavy atom. The fraction of sp³-hybridized carbons (Fsp3) is 0.0667. The maximum atomic E-state index is 12.1. The van der Waals surface area contributed by atoms with Crippen LogP contribution in [0.1, 0.15) is 22.0 Å². The van der Waals surface area contributed by atoms with Gasteiger partial charge in [-0.15, -0.1) is 0 Å². The van der Waals surface area contributed by atoms with E-state index in [1.54, 1.807) is 30.3 Å². The quantitative estimate of drug-likeness (QED) is 0.643. The van der Waals surface area contributed by atoms with Gasteiger partial charge >= 0.3 is 0 Å². The van der Waals surface area contributed by atoms with Gasteiger partial charge in [0.25, 0.3) is 11.6 Å². The second-order valence-corrected chi connectivity index (χ2v) is 4.49. The number of carbonyl (C=O) groups excluding carboxylic acids is 2. The van der Waals surface area contributed by atoms with Crippen molar-refractivity contribution in [1.82, 2.24) is 5.32 Å². The maximum absolute atomic E-state index is 12.1. The smallest absolute Gasteiger partial charge is 0.275 e. The van der Waals surface area contributed by atoms with Crippen molar-refractivity contribution in [2.75, 3.05) is 0 Å². The lowest BCUT2D eigenvalue weighted by molar-refractivity contribution is -0.385. The highest BCUT2D eigenvalue weighted by Gasteiger charge is 2.27. The van der Waals surface area contributed by atoms with Gasteiger partial charge < -0.3 is 11.1 Å². The molecule has 0 aliphatic heterocycles. The van der Waals surface area contributed by atoms with Crippen molar-refractivity contribution in [3.63, 3.8) is 0 Å². The summed E-state index contributed by atoms with van der Waals surface area (Å²) in [5, 5.41) is 13.5. The Kier molecular flexibility index (Phi) is 4.47. The molecule has 0 bridgehead atoms. The van der Waals surface area contributed by atoms with Gasteiger partial charge in [0.05, 0.1) is 10.5 Å². The van der Waals surface area contributed by atoms with Gasteiger partial charge in [0.2, 0.25) is 5.91 Å². The van der Waals surface area contributed by atoms with E-state index in [1.807, 2.05) is 0 Å². The summed E-state index contributed by atoms with van der Waals surface area (Å²) >= 11 is 0. The molecule has 0 aliphatic rings. The highest BCUT2D eigenvalue weighted by atomic mass is 16.6. The first-order valence-corrected chi connectivity index (χ1v) is 6.39. The molecule has 2 aromatic carbocycles. The Balaban J connectivity index is 2.34. The molecule has 1 atom stereocenters. The molecule has 0 radical (unpaired) electrons. The van der Waals surface area contributed by atoms with Gasteiger partial charge in [0, 0.05) is 11.6 Å². The SMILES string of the molecule is NC(=O)C(NC(=O)c1ccccc1)c1ccccc1[N+](=O)[O-]. The number of nitro groups is 1. The fourth-order valence-corrected chi connectivity index (χ4v) is 2.00. The van der Waals surface area contributed by atoms with Gasteiger partial charge in [-0.25, -0.2) is 0 Å². The zero-order valence-electron chi connectivity index (χ0n) is 11.4. The Labute approximate surface area is 125 Å². The first-order valence-electron chi connectivity index (χ1n) is 6.39. The van der Waals surface area contributed by atoms with Crippen molar-refractivity contribution in [1.29, 1.82) is 0 Å². The Hall–Kier alpha value is -3.22. The van der Waals surface area contributed by atoms with E-state index in [-0.39, 0.29) is 11.3 Å². The summed E-state index contributed by atoms with van der Waals surface area (Å²) < 4.78 is 0. The van der Waals surface area contributed by atoms with Crippen LogP contribution in [0.2, 0.25) is 0 Å². The van der Waals surface area contributed by atoms with Crippen LogP contribution in [0.25, 0.3) is 0 Å². The Morgan fingerprint density at radius 2 is 1.64 bits per heavy atom. The Morgan fingerprint density at radius 3 is 2.23 bits per heavy atom. The molecule has 0 saturated carbocycles. The van der Waals surface area contributed by atoms with Gasteiger partial charge in [-0.3, -0.25) is 19.7 Å². The molecule has 3 N–H and O–H groups in total. The van der Waals surface area contributed by atoms with E-state index in [1.165, 1.54) is 24.3 Å². The molecule has 2 rings (SSSR count). The Bertz CT molecular complexity index is 716. The average Bonchev–Trinajstić information content (AvgIpc) is 2.53. The largest absolute Gasteiger partial charge is 0.368 e. The molecule has 7 heteroatoms. The van der Waals surface area contributed by atoms with E-state index in [9.17, 15) is 19.7 Å². The normalized spacial score (nSPS) is 11.5. The first-order chi connectivity index (χ1) is 10.5. The number of para-hydroxylation sites is 1. The predicted octanol–water partition coefficient (Wildman–Crippen LogP) is 1.55. The van der Waals surface area contributed by atoms with E-state index in [0.717, 1.165) is 0 Å². The van der Waals surface area contributed by atoms with Crippen LogP contribution in [0.3, 0.4) is 0 Å². The maximum Gasteiger partial charge on any atom is 0.275 e. The molecule has 22 heavy (non-hydrogen) atoms. The lowest BCUT2D eigenvalue weighted by Crippen LogP contribution is -2.37. The predicted molar refractivity (Wildman–Crippen MR) is 78.9 cm³/mol. The van der Waals surface area contributed by atoms with Crippen molar-refractivity contribution in [2.24, 2.45) is 5.73 Å². The highest BCUT2D eigenvalue weighted by molar-refractivity contribution is 5.97. The van der Waals surface area contributed by atoms with Gasteiger partial charge in [-0.1, -0.05) is 30.3 Å². The van der Waals surface area contributed by atoms with Gasteiger partial charge in [0.15, 0.2) is 0 Å². The molecule has 1 unspecified atom stereocenters. The molecular weight excluding hydrogens is 286 g/mol. The number of nitrogens with zero attached hydrogens (tertiary/aromatic N) is 1. The molecule has 0 aliphatic carbocycles. The minimum atomic E-state index is -1.28. The van der Waals surface area contributed by atoms with Gasteiger partial charge in [0.1, 0.15) is 6.04 Å². The van der Waals surface area contributed by atoms with Crippen LogP contribution in [0.15, 0.2) is 54.6 Å². The molecule has 112 valence electrons. The monoisotopic (exact) mass is 299 g/mol. The standard InChI is InChI=1S/C15H13N3O4/c16-14(19)13(11-8-4-5-9-12(11)18(21)22)17-15(20)10-6-2-1-3-7-10/h1-9,13H,(H2,16,19)(H,17,20). The van der Waals surface area contributed by atoms with E-state index in [4.69, 9.17) is 5.73 Å². The number of hydrogen-bond donors (Lipinski definition) is 2. The summed E-state index contributed by atoms with van der Waals surface area (Å²) in [6, 6.07) is 12.6. The van der Waals surface area contributed by atoms with E-state index < -0.39 is 22.8 Å². The topological polar surface area (TPSA) is 115 Å². The lowest BCUT2D eigenvalue weighted by atomic mass is 10.0. The fourth-order valence-electron chi connectivity index (χ4n) is 2.00. The molecule has 0 heterocycles. The number of amides is 2. The summed E-state index contributed by atoms with van der Waals surface area (Å²) in [4.78, 5) is 34.2. The zero-order chi connectivity index (χ0) is 16.1. The van der Waals surface area contributed by atoms with Crippen LogP contribution in [-0.2, 0) is 4.79 Å². The third kappa shape index (κ3) is 3.26. The van der Waals surface area contributed by atoms with Gasteiger partial charge in [-0.05, 0) is 18.2 Å². The second kappa shape index (κ2) is 6.49. The first kappa shape index (κ1) is 15.2. The van der Waals surface area contributed by atoms with Crippen LogP contribution >= 0.6 is 0 Å². The molecule has 2 amide bonds. The number of nitrogens with two attached hydrogens (primary N) is 1. The van der Waals surface area contributed by atoms with Crippen LogP contribution in [0.4, 0.5) is 5.69 Å². The number of benzene rings is 2. The number of primary amides is 1. The molecule has 0 spiro atoms. The molecule has 7 nitrogen and oxygen atoms in total. The molecule has 0 fully saturated rings. The minimum Gasteiger partial charge on any atom is -0.368 e. The number of hydrogen-bond acceptors (Lipinski definition) is 4. The van der Waals surface area contributed by atoms with Crippen LogP contribution in [-0.4, -0.2) is 16.7 Å². The number of nitrogens with one attached hydrogen (secondary N) is 1. The zero-order valence-corrected chi connectivity index (χ0v) is 11.4. The van der Waals surface area contributed by atoms with Crippen molar-refractivity contribution >= 4 is 17.5 Å². The second-order valence-electron chi connectivity index (χ2n) is 4.49. The van der Waals surface area contributed by atoms with Crippen molar-refractivity contribution < 1.29 is 14.5 Å². The van der Waals surface area contributed by atoms with Crippen molar-refractivity contribution in [3.05, 3.63) is 75.8 Å². The lowest BCUT2D eigenvalue weighted by Gasteiger charge is -2.16. The number of nitro benzene ring substituents is 1. The number of rotatable bonds is 5. The third-order valence-corrected chi connectivity index (χ3v) is 3.04. The molecular formula is C15H13N3O4. The van der Waals surface area contributed by atoms with Crippen LogP contribution < -0.4 is 11.1 Å². The molecule has 2 aromatic rings. The molecule has 0 aromatic heterocycles. The van der Waals surface area contributed by atoms with Crippen molar-refractivity contribution in [2.45, 2.75) is 6.04 Å². The highest BCUT2D eigenvalue weighted by Crippen LogP contribution is 2.24. The molecule has 0 saturated heterocycles. The van der Waals surface area contributed by atoms with E-state index >= 15 is 0 Å². The summed E-state index contributed by atoms with van der Waals surface area (Å²) in [7, 11) is 0. The summed E-state index contributed by atoms with van der Waals surface area (Å²) in [5.41, 5.74) is 5.38. The third-order valence-electron chi connectivity index (χ3n) is 3.04. The number of carbonyl (C=O) groups is 2. The van der Waals surface area contributed by atoms with E-state index in [2.05, 4.69) is 5.32 Å². The van der Waals surface area contributed by atoms with Crippen LogP contribution in [0.5, 0.6) is 0 Å². The minimum absolute atomic E-state index is 0.0456. The van der Waals surface area contributed by atoms with E-state index in [0.29, 0.717) is 5.56 Å². The van der Waals surface area contributed by atoms with Gasteiger partial charge in [-0.2, -0.15) is 0 Å².